The summed E-state index contributed by atoms with van der Waals surface area (Å²) >= 11 is 0. The van der Waals surface area contributed by atoms with Crippen LogP contribution in [0.15, 0.2) is 22.7 Å². The van der Waals surface area contributed by atoms with Crippen molar-refractivity contribution in [3.63, 3.8) is 0 Å². The van der Waals surface area contributed by atoms with E-state index >= 15 is 0 Å². The Bertz CT molecular complexity index is 678. The van der Waals surface area contributed by atoms with Gasteiger partial charge in [-0.3, -0.25) is 0 Å². The molecule has 0 saturated heterocycles. The quantitative estimate of drug-likeness (QED) is 0.617. The SMILES string of the molecule is CS(=O)(=O)Cc1noc(-c2cccc(N)c2O)n1. The second-order valence-electron chi connectivity index (χ2n) is 3.83. The Balaban J connectivity index is 2.38. The van der Waals surface area contributed by atoms with E-state index in [2.05, 4.69) is 10.1 Å². The van der Waals surface area contributed by atoms with Crippen molar-refractivity contribution in [2.45, 2.75) is 5.75 Å². The van der Waals surface area contributed by atoms with Crippen LogP contribution in [-0.2, 0) is 15.6 Å². The van der Waals surface area contributed by atoms with Crippen molar-refractivity contribution >= 4 is 15.5 Å². The van der Waals surface area contributed by atoms with Crippen LogP contribution in [0.2, 0.25) is 0 Å². The van der Waals surface area contributed by atoms with E-state index in [1.54, 1.807) is 12.1 Å². The molecular weight excluding hydrogens is 258 g/mol. The number of nitrogens with zero attached hydrogens (tertiary/aromatic N) is 2. The highest BCUT2D eigenvalue weighted by atomic mass is 32.2. The van der Waals surface area contributed by atoms with Gasteiger partial charge in [-0.25, -0.2) is 8.42 Å². The minimum absolute atomic E-state index is 0.0263. The highest BCUT2D eigenvalue weighted by molar-refractivity contribution is 7.89. The number of nitrogens with two attached hydrogens (primary N) is 1. The topological polar surface area (TPSA) is 119 Å². The third-order valence-electron chi connectivity index (χ3n) is 2.16. The number of aromatic hydroxyl groups is 1. The van der Waals surface area contributed by atoms with Gasteiger partial charge >= 0.3 is 0 Å². The molecule has 2 rings (SSSR count). The number of sulfone groups is 1. The molecule has 1 aromatic carbocycles. The molecule has 18 heavy (non-hydrogen) atoms. The molecule has 0 aliphatic rings. The van der Waals surface area contributed by atoms with Crippen LogP contribution in [0.4, 0.5) is 5.69 Å². The van der Waals surface area contributed by atoms with E-state index in [1.165, 1.54) is 6.07 Å². The largest absolute Gasteiger partial charge is 0.505 e. The summed E-state index contributed by atoms with van der Waals surface area (Å²) in [6, 6.07) is 4.68. The van der Waals surface area contributed by atoms with Crippen molar-refractivity contribution in [3.8, 4) is 17.2 Å². The van der Waals surface area contributed by atoms with Gasteiger partial charge in [0.15, 0.2) is 21.4 Å². The van der Waals surface area contributed by atoms with Gasteiger partial charge in [-0.15, -0.1) is 0 Å². The van der Waals surface area contributed by atoms with Crippen LogP contribution in [0.5, 0.6) is 5.75 Å². The van der Waals surface area contributed by atoms with Gasteiger partial charge in [-0.2, -0.15) is 4.98 Å². The van der Waals surface area contributed by atoms with Crippen molar-refractivity contribution in [1.82, 2.24) is 10.1 Å². The van der Waals surface area contributed by atoms with Crippen molar-refractivity contribution < 1.29 is 18.0 Å². The van der Waals surface area contributed by atoms with Crippen molar-refractivity contribution in [2.75, 3.05) is 12.0 Å². The van der Waals surface area contributed by atoms with Gasteiger partial charge in [0.1, 0.15) is 5.75 Å². The first-order valence-corrected chi connectivity index (χ1v) is 7.01. The average Bonchev–Trinajstić information content (AvgIpc) is 2.68. The number of rotatable bonds is 3. The molecule has 0 unspecified atom stereocenters. The number of hydrogen-bond acceptors (Lipinski definition) is 7. The number of aromatic nitrogens is 2. The van der Waals surface area contributed by atoms with E-state index in [0.29, 0.717) is 0 Å². The van der Waals surface area contributed by atoms with Crippen LogP contribution in [0, 0.1) is 0 Å². The molecule has 0 bridgehead atoms. The lowest BCUT2D eigenvalue weighted by Crippen LogP contribution is -2.02. The van der Waals surface area contributed by atoms with Gasteiger partial charge in [-0.05, 0) is 12.1 Å². The Morgan fingerprint density at radius 1 is 1.44 bits per heavy atom. The van der Waals surface area contributed by atoms with E-state index < -0.39 is 9.84 Å². The van der Waals surface area contributed by atoms with Crippen LogP contribution in [0.1, 0.15) is 5.82 Å². The zero-order valence-corrected chi connectivity index (χ0v) is 10.3. The molecule has 0 spiro atoms. The molecule has 96 valence electrons. The molecule has 0 aliphatic carbocycles. The monoisotopic (exact) mass is 269 g/mol. The summed E-state index contributed by atoms with van der Waals surface area (Å²) in [6.45, 7) is 0. The van der Waals surface area contributed by atoms with Gasteiger partial charge in [0.2, 0.25) is 0 Å². The Labute approximate surface area is 103 Å². The molecule has 0 aliphatic heterocycles. The normalized spacial score (nSPS) is 11.6. The lowest BCUT2D eigenvalue weighted by atomic mass is 10.2. The van der Waals surface area contributed by atoms with Crippen LogP contribution in [0.25, 0.3) is 11.5 Å². The third-order valence-corrected chi connectivity index (χ3v) is 2.94. The van der Waals surface area contributed by atoms with Crippen LogP contribution in [-0.4, -0.2) is 29.9 Å². The molecule has 0 saturated carbocycles. The molecule has 2 aromatic rings. The Morgan fingerprint density at radius 2 is 2.17 bits per heavy atom. The molecule has 0 fully saturated rings. The van der Waals surface area contributed by atoms with E-state index in [1.807, 2.05) is 0 Å². The molecule has 7 nitrogen and oxygen atoms in total. The van der Waals surface area contributed by atoms with Crippen molar-refractivity contribution in [1.29, 1.82) is 0 Å². The number of nitrogen functional groups attached to an aromatic ring is 1. The predicted molar refractivity (Wildman–Crippen MR) is 64.4 cm³/mol. The van der Waals surface area contributed by atoms with Gasteiger partial charge in [0, 0.05) is 6.26 Å². The van der Waals surface area contributed by atoms with Crippen LogP contribution >= 0.6 is 0 Å². The number of para-hydroxylation sites is 1. The van der Waals surface area contributed by atoms with E-state index in [0.717, 1.165) is 6.26 Å². The maximum atomic E-state index is 11.1. The summed E-state index contributed by atoms with van der Waals surface area (Å²) in [7, 11) is -3.24. The predicted octanol–water partition coefficient (Wildman–Crippen LogP) is 0.569. The van der Waals surface area contributed by atoms with Gasteiger partial charge < -0.3 is 15.4 Å². The fraction of sp³-hybridized carbons (Fsp3) is 0.200. The standard InChI is InChI=1S/C10H11N3O4S/c1-18(15,16)5-8-12-10(17-13-8)6-3-2-4-7(11)9(6)14/h2-4,14H,5,11H2,1H3. The lowest BCUT2D eigenvalue weighted by molar-refractivity contribution is 0.419. The molecule has 0 atom stereocenters. The summed E-state index contributed by atoms with van der Waals surface area (Å²) in [5.41, 5.74) is 5.97. The van der Waals surface area contributed by atoms with Gasteiger partial charge in [0.25, 0.3) is 5.89 Å². The highest BCUT2D eigenvalue weighted by Gasteiger charge is 2.16. The molecule has 1 aromatic heterocycles. The fourth-order valence-electron chi connectivity index (χ4n) is 1.39. The lowest BCUT2D eigenvalue weighted by Gasteiger charge is -2.01. The zero-order chi connectivity index (χ0) is 13.3. The number of benzene rings is 1. The molecule has 1 heterocycles. The van der Waals surface area contributed by atoms with Crippen molar-refractivity contribution in [3.05, 3.63) is 24.0 Å². The second kappa shape index (κ2) is 4.30. The first kappa shape index (κ1) is 12.4. The molecule has 3 N–H and O–H groups in total. The van der Waals surface area contributed by atoms with E-state index in [-0.39, 0.29) is 34.5 Å². The minimum Gasteiger partial charge on any atom is -0.505 e. The zero-order valence-electron chi connectivity index (χ0n) is 9.49. The van der Waals surface area contributed by atoms with Gasteiger partial charge in [0.05, 0.1) is 11.3 Å². The van der Waals surface area contributed by atoms with Gasteiger partial charge in [-0.1, -0.05) is 11.2 Å². The first-order valence-electron chi connectivity index (χ1n) is 4.95. The first-order chi connectivity index (χ1) is 8.37. The highest BCUT2D eigenvalue weighted by Crippen LogP contribution is 2.32. The maximum absolute atomic E-state index is 11.1. The molecule has 0 amide bonds. The summed E-state index contributed by atoms with van der Waals surface area (Å²) < 4.78 is 27.0. The average molecular weight is 269 g/mol. The number of hydrogen-bond donors (Lipinski definition) is 2. The number of phenolic OH excluding ortho intramolecular Hbond substituents is 1. The van der Waals surface area contributed by atoms with Crippen LogP contribution in [0.3, 0.4) is 0 Å². The summed E-state index contributed by atoms with van der Waals surface area (Å²) in [6.07, 6.45) is 1.07. The fourth-order valence-corrected chi connectivity index (χ4v) is 1.98. The maximum Gasteiger partial charge on any atom is 0.261 e. The second-order valence-corrected chi connectivity index (χ2v) is 5.97. The van der Waals surface area contributed by atoms with Crippen molar-refractivity contribution in [2.24, 2.45) is 0 Å². The Hall–Kier alpha value is -2.09. The molecule has 8 heteroatoms. The number of phenols is 1. The summed E-state index contributed by atoms with van der Waals surface area (Å²) in [5, 5.41) is 13.3. The van der Waals surface area contributed by atoms with E-state index in [4.69, 9.17) is 10.3 Å². The number of anilines is 1. The molecular formula is C10H11N3O4S. The Kier molecular flexibility index (Phi) is 2.95. The van der Waals surface area contributed by atoms with E-state index in [9.17, 15) is 13.5 Å². The molecule has 0 radical (unpaired) electrons. The summed E-state index contributed by atoms with van der Waals surface area (Å²) in [5.74, 6) is -0.431. The smallest absolute Gasteiger partial charge is 0.261 e. The Morgan fingerprint density at radius 3 is 2.83 bits per heavy atom. The van der Waals surface area contributed by atoms with Crippen LogP contribution < -0.4 is 5.73 Å². The minimum atomic E-state index is -3.24. The summed E-state index contributed by atoms with van der Waals surface area (Å²) in [4.78, 5) is 3.90. The third kappa shape index (κ3) is 2.59.